The third-order valence-electron chi connectivity index (χ3n) is 3.18. The summed E-state index contributed by atoms with van der Waals surface area (Å²) in [6.07, 6.45) is 3.77. The SMILES string of the molecule is COC(=O)c1ccc(Cn2ccnc2-c2cccs2)cc1. The molecule has 0 unspecified atom stereocenters. The third kappa shape index (κ3) is 2.87. The molecule has 3 rings (SSSR count). The van der Waals surface area contributed by atoms with Gasteiger partial charge < -0.3 is 9.30 Å². The average Bonchev–Trinajstić information content (AvgIpc) is 3.18. The van der Waals surface area contributed by atoms with Crippen LogP contribution in [0.4, 0.5) is 0 Å². The van der Waals surface area contributed by atoms with Crippen LogP contribution < -0.4 is 0 Å². The number of benzene rings is 1. The molecule has 0 radical (unpaired) electrons. The third-order valence-corrected chi connectivity index (χ3v) is 4.05. The Kier molecular flexibility index (Phi) is 3.83. The van der Waals surface area contributed by atoms with Crippen molar-refractivity contribution in [2.24, 2.45) is 0 Å². The molecule has 0 bridgehead atoms. The van der Waals surface area contributed by atoms with Crippen molar-refractivity contribution in [1.82, 2.24) is 9.55 Å². The lowest BCUT2D eigenvalue weighted by atomic mass is 10.1. The summed E-state index contributed by atoms with van der Waals surface area (Å²) in [5, 5.41) is 2.04. The predicted molar refractivity (Wildman–Crippen MR) is 82.4 cm³/mol. The average molecular weight is 298 g/mol. The maximum Gasteiger partial charge on any atom is 0.337 e. The summed E-state index contributed by atoms with van der Waals surface area (Å²) in [6.45, 7) is 0.717. The fourth-order valence-electron chi connectivity index (χ4n) is 2.13. The summed E-state index contributed by atoms with van der Waals surface area (Å²) in [7, 11) is 1.38. The van der Waals surface area contributed by atoms with Crippen molar-refractivity contribution < 1.29 is 9.53 Å². The van der Waals surface area contributed by atoms with E-state index in [1.165, 1.54) is 7.11 Å². The Morgan fingerprint density at radius 2 is 2.10 bits per heavy atom. The summed E-state index contributed by atoms with van der Waals surface area (Å²) in [4.78, 5) is 17.0. The molecule has 0 fully saturated rings. The molecule has 21 heavy (non-hydrogen) atoms. The van der Waals surface area contributed by atoms with E-state index in [4.69, 9.17) is 4.74 Å². The highest BCUT2D eigenvalue weighted by molar-refractivity contribution is 7.13. The van der Waals surface area contributed by atoms with Crippen molar-refractivity contribution in [3.05, 3.63) is 65.3 Å². The van der Waals surface area contributed by atoms with Crippen molar-refractivity contribution in [3.63, 3.8) is 0 Å². The van der Waals surface area contributed by atoms with Gasteiger partial charge in [0.15, 0.2) is 0 Å². The minimum Gasteiger partial charge on any atom is -0.465 e. The second kappa shape index (κ2) is 5.93. The van der Waals surface area contributed by atoms with Crippen molar-refractivity contribution >= 4 is 17.3 Å². The summed E-state index contributed by atoms with van der Waals surface area (Å²) in [5.74, 6) is 0.644. The maximum absolute atomic E-state index is 11.4. The number of esters is 1. The van der Waals surface area contributed by atoms with Crippen LogP contribution in [-0.4, -0.2) is 22.6 Å². The topological polar surface area (TPSA) is 44.1 Å². The number of aromatic nitrogens is 2. The molecule has 0 saturated heterocycles. The molecule has 0 aliphatic rings. The van der Waals surface area contributed by atoms with Crippen molar-refractivity contribution in [3.8, 4) is 10.7 Å². The lowest BCUT2D eigenvalue weighted by molar-refractivity contribution is 0.0600. The standard InChI is InChI=1S/C16H14N2O2S/c1-20-16(19)13-6-4-12(5-7-13)11-18-9-8-17-15(18)14-3-2-10-21-14/h2-10H,11H2,1H3. The van der Waals surface area contributed by atoms with E-state index in [1.54, 1.807) is 29.7 Å². The van der Waals surface area contributed by atoms with Crippen molar-refractivity contribution in [1.29, 1.82) is 0 Å². The Morgan fingerprint density at radius 3 is 2.76 bits per heavy atom. The van der Waals surface area contributed by atoms with Crippen molar-refractivity contribution in [2.45, 2.75) is 6.54 Å². The molecule has 0 spiro atoms. The number of carbonyl (C=O) groups excluding carboxylic acids is 1. The number of hydrogen-bond acceptors (Lipinski definition) is 4. The van der Waals surface area contributed by atoms with Gasteiger partial charge in [-0.2, -0.15) is 0 Å². The second-order valence-corrected chi connectivity index (χ2v) is 5.49. The molecule has 0 amide bonds. The zero-order valence-corrected chi connectivity index (χ0v) is 12.3. The van der Waals surface area contributed by atoms with Gasteiger partial charge in [0.2, 0.25) is 0 Å². The number of thiophene rings is 1. The van der Waals surface area contributed by atoms with Gasteiger partial charge in [0.1, 0.15) is 5.82 Å². The van der Waals surface area contributed by atoms with Crippen LogP contribution >= 0.6 is 11.3 Å². The molecular formula is C16H14N2O2S. The molecule has 3 aromatic rings. The molecule has 0 saturated carbocycles. The number of nitrogens with zero attached hydrogens (tertiary/aromatic N) is 2. The fraction of sp³-hybridized carbons (Fsp3) is 0.125. The second-order valence-electron chi connectivity index (χ2n) is 4.54. The lowest BCUT2D eigenvalue weighted by Crippen LogP contribution is -2.03. The number of carbonyl (C=O) groups is 1. The monoisotopic (exact) mass is 298 g/mol. The summed E-state index contributed by atoms with van der Waals surface area (Å²) < 4.78 is 6.79. The number of ether oxygens (including phenoxy) is 1. The zero-order valence-electron chi connectivity index (χ0n) is 11.5. The fourth-order valence-corrected chi connectivity index (χ4v) is 2.86. The van der Waals surface area contributed by atoms with Gasteiger partial charge in [0.25, 0.3) is 0 Å². The van der Waals surface area contributed by atoms with E-state index in [0.717, 1.165) is 16.3 Å². The van der Waals surface area contributed by atoms with E-state index in [9.17, 15) is 4.79 Å². The Bertz CT molecular complexity index is 730. The maximum atomic E-state index is 11.4. The molecule has 106 valence electrons. The Morgan fingerprint density at radius 1 is 1.29 bits per heavy atom. The van der Waals surface area contributed by atoms with E-state index in [-0.39, 0.29) is 5.97 Å². The van der Waals surface area contributed by atoms with Crippen LogP contribution in [0, 0.1) is 0 Å². The van der Waals surface area contributed by atoms with E-state index >= 15 is 0 Å². The van der Waals surface area contributed by atoms with Crippen LogP contribution in [-0.2, 0) is 11.3 Å². The smallest absolute Gasteiger partial charge is 0.337 e. The molecule has 2 aromatic heterocycles. The predicted octanol–water partition coefficient (Wildman–Crippen LogP) is 3.45. The highest BCUT2D eigenvalue weighted by atomic mass is 32.1. The number of rotatable bonds is 4. The van der Waals surface area contributed by atoms with Crippen LogP contribution in [0.25, 0.3) is 10.7 Å². The summed E-state index contributed by atoms with van der Waals surface area (Å²) in [6, 6.07) is 11.5. The molecule has 0 aliphatic heterocycles. The summed E-state index contributed by atoms with van der Waals surface area (Å²) >= 11 is 1.67. The normalized spacial score (nSPS) is 10.5. The minimum atomic E-state index is -0.316. The first-order valence-corrected chi connectivity index (χ1v) is 7.38. The first-order chi connectivity index (χ1) is 10.3. The Hall–Kier alpha value is -2.40. The van der Waals surface area contributed by atoms with Gasteiger partial charge >= 0.3 is 5.97 Å². The first-order valence-electron chi connectivity index (χ1n) is 6.50. The molecule has 0 atom stereocenters. The van der Waals surface area contributed by atoms with Crippen LogP contribution in [0.15, 0.2) is 54.2 Å². The molecular weight excluding hydrogens is 284 g/mol. The molecule has 0 N–H and O–H groups in total. The zero-order chi connectivity index (χ0) is 14.7. The van der Waals surface area contributed by atoms with E-state index in [1.807, 2.05) is 29.8 Å². The van der Waals surface area contributed by atoms with Gasteiger partial charge in [-0.05, 0) is 29.1 Å². The summed E-state index contributed by atoms with van der Waals surface area (Å²) in [5.41, 5.74) is 1.67. The van der Waals surface area contributed by atoms with Gasteiger partial charge in [0, 0.05) is 18.9 Å². The molecule has 1 aromatic carbocycles. The quantitative estimate of drug-likeness (QED) is 0.693. The molecule has 4 nitrogen and oxygen atoms in total. The van der Waals surface area contributed by atoms with Gasteiger partial charge in [0.05, 0.1) is 17.6 Å². The highest BCUT2D eigenvalue weighted by Gasteiger charge is 2.08. The molecule has 0 aliphatic carbocycles. The Labute approximate surface area is 126 Å². The lowest BCUT2D eigenvalue weighted by Gasteiger charge is -2.07. The van der Waals surface area contributed by atoms with Crippen LogP contribution in [0.1, 0.15) is 15.9 Å². The first kappa shape index (κ1) is 13.6. The van der Waals surface area contributed by atoms with Gasteiger partial charge in [-0.25, -0.2) is 9.78 Å². The van der Waals surface area contributed by atoms with Crippen LogP contribution in [0.3, 0.4) is 0 Å². The van der Waals surface area contributed by atoms with E-state index in [0.29, 0.717) is 12.1 Å². The largest absolute Gasteiger partial charge is 0.465 e. The molecule has 2 heterocycles. The molecule has 5 heteroatoms. The van der Waals surface area contributed by atoms with E-state index in [2.05, 4.69) is 15.6 Å². The van der Waals surface area contributed by atoms with Crippen molar-refractivity contribution in [2.75, 3.05) is 7.11 Å². The van der Waals surface area contributed by atoms with Gasteiger partial charge in [-0.3, -0.25) is 0 Å². The number of methoxy groups -OCH3 is 1. The minimum absolute atomic E-state index is 0.316. The number of imidazole rings is 1. The van der Waals surface area contributed by atoms with Crippen LogP contribution in [0.2, 0.25) is 0 Å². The number of hydrogen-bond donors (Lipinski definition) is 0. The van der Waals surface area contributed by atoms with E-state index < -0.39 is 0 Å². The van der Waals surface area contributed by atoms with Crippen LogP contribution in [0.5, 0.6) is 0 Å². The Balaban J connectivity index is 1.82. The van der Waals surface area contributed by atoms with Gasteiger partial charge in [-0.1, -0.05) is 18.2 Å². The highest BCUT2D eigenvalue weighted by Crippen LogP contribution is 2.23. The van der Waals surface area contributed by atoms with Gasteiger partial charge in [-0.15, -0.1) is 11.3 Å².